The summed E-state index contributed by atoms with van der Waals surface area (Å²) in [6.07, 6.45) is 0. The second-order valence-corrected chi connectivity index (χ2v) is 7.20. The Morgan fingerprint density at radius 2 is 1.93 bits per heavy atom. The van der Waals surface area contributed by atoms with Crippen molar-refractivity contribution in [2.45, 2.75) is 27.3 Å². The number of nitrogens with zero attached hydrogens (tertiary/aromatic N) is 4. The van der Waals surface area contributed by atoms with E-state index in [4.69, 9.17) is 9.84 Å². The molecule has 1 N–H and O–H groups in total. The molecule has 0 unspecified atom stereocenters. The second kappa shape index (κ2) is 9.01. The molecule has 2 aromatic rings. The number of aryl methyl sites for hydroxylation is 1. The number of aromatic nitrogens is 2. The molecular weight excluding hydrogens is 368 g/mol. The van der Waals surface area contributed by atoms with Gasteiger partial charge in [0.05, 0.1) is 7.11 Å². The molecule has 0 saturated carbocycles. The molecule has 1 aromatic heterocycles. The van der Waals surface area contributed by atoms with Crippen LogP contribution in [0, 0.1) is 32.6 Å². The molecule has 0 spiro atoms. The number of aliphatic hydroxyl groups is 1. The summed E-state index contributed by atoms with van der Waals surface area (Å²) < 4.78 is 7.13. The molecule has 7 heteroatoms. The van der Waals surface area contributed by atoms with Gasteiger partial charge in [-0.3, -0.25) is 9.48 Å². The van der Waals surface area contributed by atoms with Crippen molar-refractivity contribution in [1.82, 2.24) is 14.7 Å². The second-order valence-electron chi connectivity index (χ2n) is 7.20. The number of ether oxygens (including phenoxy) is 1. The lowest BCUT2D eigenvalue weighted by Gasteiger charge is -2.36. The SMILES string of the molecule is COc1cc(N2CCN(C(=O)Cn3nc(C#CCO)c(C)c3C)CC2)ccc1C. The van der Waals surface area contributed by atoms with E-state index in [9.17, 15) is 4.79 Å². The number of piperazine rings is 1. The molecule has 2 heterocycles. The normalized spacial score (nSPS) is 13.8. The number of benzene rings is 1. The topological polar surface area (TPSA) is 70.8 Å². The fourth-order valence-electron chi connectivity index (χ4n) is 3.48. The van der Waals surface area contributed by atoms with E-state index in [-0.39, 0.29) is 19.1 Å². The summed E-state index contributed by atoms with van der Waals surface area (Å²) in [5.41, 5.74) is 4.70. The lowest BCUT2D eigenvalue weighted by molar-refractivity contribution is -0.132. The van der Waals surface area contributed by atoms with E-state index in [0.717, 1.165) is 41.3 Å². The van der Waals surface area contributed by atoms with Gasteiger partial charge in [0.25, 0.3) is 0 Å². The Morgan fingerprint density at radius 3 is 2.59 bits per heavy atom. The third kappa shape index (κ3) is 4.54. The van der Waals surface area contributed by atoms with Crippen LogP contribution in [0.2, 0.25) is 0 Å². The zero-order valence-electron chi connectivity index (χ0n) is 17.5. The fraction of sp³-hybridized carbons (Fsp3) is 0.455. The number of methoxy groups -OCH3 is 1. The fourth-order valence-corrected chi connectivity index (χ4v) is 3.48. The van der Waals surface area contributed by atoms with Gasteiger partial charge in [0.1, 0.15) is 24.6 Å². The zero-order chi connectivity index (χ0) is 21.0. The minimum Gasteiger partial charge on any atom is -0.496 e. The summed E-state index contributed by atoms with van der Waals surface area (Å²) >= 11 is 0. The summed E-state index contributed by atoms with van der Waals surface area (Å²) in [6, 6.07) is 6.21. The Bertz CT molecular complexity index is 947. The first kappa shape index (κ1) is 20.7. The predicted octanol–water partition coefficient (Wildman–Crippen LogP) is 1.51. The standard InChI is InChI=1S/C22H28N4O3/c1-16-7-8-19(14-21(16)29-4)24-9-11-25(12-10-24)22(28)15-26-18(3)17(2)20(23-26)6-5-13-27/h7-8,14,27H,9-13,15H2,1-4H3. The molecule has 0 atom stereocenters. The summed E-state index contributed by atoms with van der Waals surface area (Å²) in [7, 11) is 1.68. The van der Waals surface area contributed by atoms with Gasteiger partial charge in [-0.1, -0.05) is 12.0 Å². The Balaban J connectivity index is 1.62. The van der Waals surface area contributed by atoms with Crippen LogP contribution in [0.4, 0.5) is 5.69 Å². The zero-order valence-corrected chi connectivity index (χ0v) is 17.5. The maximum Gasteiger partial charge on any atom is 0.244 e. The summed E-state index contributed by atoms with van der Waals surface area (Å²) in [6.45, 7) is 8.79. The minimum atomic E-state index is -0.207. The number of amides is 1. The summed E-state index contributed by atoms with van der Waals surface area (Å²) in [5, 5.41) is 13.3. The molecule has 7 nitrogen and oxygen atoms in total. The highest BCUT2D eigenvalue weighted by atomic mass is 16.5. The van der Waals surface area contributed by atoms with Gasteiger partial charge >= 0.3 is 0 Å². The molecule has 29 heavy (non-hydrogen) atoms. The molecule has 0 radical (unpaired) electrons. The van der Waals surface area contributed by atoms with E-state index in [1.165, 1.54) is 0 Å². The van der Waals surface area contributed by atoms with Crippen molar-refractivity contribution in [3.8, 4) is 17.6 Å². The van der Waals surface area contributed by atoms with Crippen LogP contribution in [0.25, 0.3) is 0 Å². The van der Waals surface area contributed by atoms with Crippen molar-refractivity contribution in [2.24, 2.45) is 0 Å². The van der Waals surface area contributed by atoms with Crippen LogP contribution >= 0.6 is 0 Å². The quantitative estimate of drug-likeness (QED) is 0.794. The number of hydrogen-bond donors (Lipinski definition) is 1. The van der Waals surface area contributed by atoms with Gasteiger partial charge in [-0.05, 0) is 38.3 Å². The van der Waals surface area contributed by atoms with Crippen molar-refractivity contribution in [1.29, 1.82) is 0 Å². The van der Waals surface area contributed by atoms with Gasteiger partial charge in [-0.15, -0.1) is 0 Å². The number of aliphatic hydroxyl groups excluding tert-OH is 1. The van der Waals surface area contributed by atoms with Crippen molar-refractivity contribution in [3.05, 3.63) is 40.7 Å². The molecular formula is C22H28N4O3. The van der Waals surface area contributed by atoms with Gasteiger partial charge in [-0.2, -0.15) is 5.10 Å². The van der Waals surface area contributed by atoms with Gasteiger partial charge in [0.15, 0.2) is 0 Å². The van der Waals surface area contributed by atoms with E-state index < -0.39 is 0 Å². The molecule has 0 bridgehead atoms. The van der Waals surface area contributed by atoms with Crippen LogP contribution in [0.3, 0.4) is 0 Å². The average molecular weight is 396 g/mol. The highest BCUT2D eigenvalue weighted by Crippen LogP contribution is 2.26. The molecule has 1 amide bonds. The number of carbonyl (C=O) groups is 1. The number of anilines is 1. The minimum absolute atomic E-state index is 0.0541. The van der Waals surface area contributed by atoms with E-state index >= 15 is 0 Å². The van der Waals surface area contributed by atoms with Gasteiger partial charge in [0.2, 0.25) is 5.91 Å². The lowest BCUT2D eigenvalue weighted by atomic mass is 10.1. The van der Waals surface area contributed by atoms with E-state index in [0.29, 0.717) is 18.8 Å². The molecule has 1 saturated heterocycles. The first-order valence-corrected chi connectivity index (χ1v) is 9.75. The molecule has 154 valence electrons. The van der Waals surface area contributed by atoms with Crippen LogP contribution in [0.1, 0.15) is 22.5 Å². The Kier molecular flexibility index (Phi) is 6.45. The van der Waals surface area contributed by atoms with E-state index in [1.54, 1.807) is 11.8 Å². The number of hydrogen-bond acceptors (Lipinski definition) is 5. The molecule has 0 aliphatic carbocycles. The Hall–Kier alpha value is -2.98. The first-order valence-electron chi connectivity index (χ1n) is 9.75. The molecule has 3 rings (SSSR count). The van der Waals surface area contributed by atoms with E-state index in [2.05, 4.69) is 40.0 Å². The maximum atomic E-state index is 12.8. The van der Waals surface area contributed by atoms with Crippen LogP contribution < -0.4 is 9.64 Å². The monoisotopic (exact) mass is 396 g/mol. The largest absolute Gasteiger partial charge is 0.496 e. The van der Waals surface area contributed by atoms with Crippen molar-refractivity contribution >= 4 is 11.6 Å². The maximum absolute atomic E-state index is 12.8. The van der Waals surface area contributed by atoms with Crippen LogP contribution in [0.15, 0.2) is 18.2 Å². The molecule has 1 aliphatic heterocycles. The van der Waals surface area contributed by atoms with Crippen molar-refractivity contribution in [3.63, 3.8) is 0 Å². The third-order valence-corrected chi connectivity index (χ3v) is 5.47. The third-order valence-electron chi connectivity index (χ3n) is 5.47. The van der Waals surface area contributed by atoms with Crippen LogP contribution in [0.5, 0.6) is 5.75 Å². The molecule has 1 fully saturated rings. The predicted molar refractivity (Wildman–Crippen MR) is 112 cm³/mol. The molecule has 1 aliphatic rings. The van der Waals surface area contributed by atoms with Crippen molar-refractivity contribution < 1.29 is 14.6 Å². The number of carbonyl (C=O) groups excluding carboxylic acids is 1. The molecule has 1 aromatic carbocycles. The van der Waals surface area contributed by atoms with Crippen LogP contribution in [-0.4, -0.2) is 65.6 Å². The van der Waals surface area contributed by atoms with E-state index in [1.807, 2.05) is 25.7 Å². The highest BCUT2D eigenvalue weighted by Gasteiger charge is 2.23. The average Bonchev–Trinajstić information content (AvgIpc) is 3.00. The van der Waals surface area contributed by atoms with Gasteiger partial charge in [0, 0.05) is 49.2 Å². The number of rotatable bonds is 4. The summed E-state index contributed by atoms with van der Waals surface area (Å²) in [5.74, 6) is 6.39. The highest BCUT2D eigenvalue weighted by molar-refractivity contribution is 5.76. The Morgan fingerprint density at radius 1 is 1.21 bits per heavy atom. The van der Waals surface area contributed by atoms with Crippen molar-refractivity contribution in [2.75, 3.05) is 44.8 Å². The smallest absolute Gasteiger partial charge is 0.244 e. The Labute approximate surface area is 171 Å². The van der Waals surface area contributed by atoms with Gasteiger partial charge < -0.3 is 19.6 Å². The lowest BCUT2D eigenvalue weighted by Crippen LogP contribution is -2.49. The van der Waals surface area contributed by atoms with Crippen LogP contribution in [-0.2, 0) is 11.3 Å². The summed E-state index contributed by atoms with van der Waals surface area (Å²) in [4.78, 5) is 17.0. The van der Waals surface area contributed by atoms with Gasteiger partial charge in [-0.25, -0.2) is 0 Å². The first-order chi connectivity index (χ1) is 13.9.